The van der Waals surface area contributed by atoms with Crippen molar-refractivity contribution in [3.63, 3.8) is 0 Å². The van der Waals surface area contributed by atoms with Crippen LogP contribution in [0.2, 0.25) is 0 Å². The van der Waals surface area contributed by atoms with Gasteiger partial charge in [0.05, 0.1) is 0 Å². The number of terminal acetylenes is 1. The molecule has 0 unspecified atom stereocenters. The fourth-order valence-corrected chi connectivity index (χ4v) is 1.77. The van der Waals surface area contributed by atoms with Gasteiger partial charge < -0.3 is 4.74 Å². The standard InChI is InChI=1S/C11H8N2OS/c1-2-8-14-11-13-12-10(15-11)9-6-4-3-5-7-9/h1,3-7H,8H2. The van der Waals surface area contributed by atoms with Crippen LogP contribution in [0.5, 0.6) is 5.19 Å². The Labute approximate surface area is 91.7 Å². The third kappa shape index (κ3) is 2.33. The Bertz CT molecular complexity index is 473. The van der Waals surface area contributed by atoms with Gasteiger partial charge in [-0.2, -0.15) is 0 Å². The Morgan fingerprint density at radius 3 is 2.80 bits per heavy atom. The third-order valence-electron chi connectivity index (χ3n) is 1.71. The van der Waals surface area contributed by atoms with Crippen molar-refractivity contribution in [1.82, 2.24) is 10.2 Å². The van der Waals surface area contributed by atoms with Crippen molar-refractivity contribution in [3.8, 4) is 28.1 Å². The quantitative estimate of drug-likeness (QED) is 0.738. The number of benzene rings is 1. The van der Waals surface area contributed by atoms with Crippen LogP contribution in [-0.4, -0.2) is 16.8 Å². The Hall–Kier alpha value is -1.86. The number of hydrogen-bond acceptors (Lipinski definition) is 4. The lowest BCUT2D eigenvalue weighted by Gasteiger charge is -1.92. The van der Waals surface area contributed by atoms with Crippen molar-refractivity contribution in [3.05, 3.63) is 30.3 Å². The van der Waals surface area contributed by atoms with Crippen LogP contribution in [0.25, 0.3) is 10.6 Å². The van der Waals surface area contributed by atoms with Crippen molar-refractivity contribution in [2.45, 2.75) is 0 Å². The number of ether oxygens (including phenoxy) is 1. The van der Waals surface area contributed by atoms with Gasteiger partial charge in [-0.15, -0.1) is 11.5 Å². The average molecular weight is 216 g/mol. The van der Waals surface area contributed by atoms with Crippen LogP contribution < -0.4 is 4.74 Å². The molecule has 3 nitrogen and oxygen atoms in total. The average Bonchev–Trinajstić information content (AvgIpc) is 2.76. The van der Waals surface area contributed by atoms with E-state index in [1.807, 2.05) is 30.3 Å². The molecule has 0 aliphatic carbocycles. The largest absolute Gasteiger partial charge is 0.456 e. The number of aromatic nitrogens is 2. The molecule has 0 radical (unpaired) electrons. The summed E-state index contributed by atoms with van der Waals surface area (Å²) in [5.41, 5.74) is 1.03. The van der Waals surface area contributed by atoms with Gasteiger partial charge in [-0.05, 0) is 0 Å². The molecule has 0 spiro atoms. The van der Waals surface area contributed by atoms with E-state index in [4.69, 9.17) is 11.2 Å². The zero-order chi connectivity index (χ0) is 10.5. The van der Waals surface area contributed by atoms with E-state index in [2.05, 4.69) is 16.1 Å². The summed E-state index contributed by atoms with van der Waals surface area (Å²) in [6.07, 6.45) is 5.08. The topological polar surface area (TPSA) is 35.0 Å². The summed E-state index contributed by atoms with van der Waals surface area (Å²) in [5.74, 6) is 2.38. The van der Waals surface area contributed by atoms with Crippen LogP contribution in [0.15, 0.2) is 30.3 Å². The summed E-state index contributed by atoms with van der Waals surface area (Å²) < 4.78 is 5.17. The molecule has 0 saturated heterocycles. The molecule has 0 saturated carbocycles. The molecule has 0 aliphatic heterocycles. The van der Waals surface area contributed by atoms with Gasteiger partial charge >= 0.3 is 0 Å². The Morgan fingerprint density at radius 1 is 1.27 bits per heavy atom. The van der Waals surface area contributed by atoms with E-state index in [1.165, 1.54) is 11.3 Å². The summed E-state index contributed by atoms with van der Waals surface area (Å²) >= 11 is 1.39. The molecule has 1 heterocycles. The van der Waals surface area contributed by atoms with Gasteiger partial charge in [0.1, 0.15) is 0 Å². The zero-order valence-electron chi connectivity index (χ0n) is 7.88. The molecular weight excluding hydrogens is 208 g/mol. The minimum absolute atomic E-state index is 0.226. The number of hydrogen-bond donors (Lipinski definition) is 0. The first kappa shape index (κ1) is 9.69. The molecule has 2 rings (SSSR count). The molecule has 0 bridgehead atoms. The lowest BCUT2D eigenvalue weighted by atomic mass is 10.2. The molecule has 0 N–H and O–H groups in total. The fourth-order valence-electron chi connectivity index (χ4n) is 1.07. The second kappa shape index (κ2) is 4.58. The van der Waals surface area contributed by atoms with Crippen molar-refractivity contribution < 1.29 is 4.74 Å². The molecule has 0 atom stereocenters. The highest BCUT2D eigenvalue weighted by molar-refractivity contribution is 7.16. The molecule has 0 amide bonds. The molecule has 4 heteroatoms. The lowest BCUT2D eigenvalue weighted by Crippen LogP contribution is -1.91. The summed E-state index contributed by atoms with van der Waals surface area (Å²) in [5, 5.41) is 9.24. The van der Waals surface area contributed by atoms with Crippen molar-refractivity contribution in [2.75, 3.05) is 6.61 Å². The minimum Gasteiger partial charge on any atom is -0.456 e. The first-order valence-electron chi connectivity index (χ1n) is 4.35. The van der Waals surface area contributed by atoms with Crippen LogP contribution in [0, 0.1) is 12.3 Å². The molecule has 15 heavy (non-hydrogen) atoms. The van der Waals surface area contributed by atoms with Gasteiger partial charge in [0.15, 0.2) is 11.6 Å². The van der Waals surface area contributed by atoms with Crippen LogP contribution >= 0.6 is 11.3 Å². The van der Waals surface area contributed by atoms with Crippen molar-refractivity contribution in [1.29, 1.82) is 0 Å². The smallest absolute Gasteiger partial charge is 0.295 e. The Morgan fingerprint density at radius 2 is 2.07 bits per heavy atom. The molecule has 1 aromatic carbocycles. The third-order valence-corrected chi connectivity index (χ3v) is 2.59. The number of nitrogens with zero attached hydrogens (tertiary/aromatic N) is 2. The second-order valence-corrected chi connectivity index (χ2v) is 3.67. The van der Waals surface area contributed by atoms with E-state index in [0.29, 0.717) is 5.19 Å². The van der Waals surface area contributed by atoms with E-state index in [1.54, 1.807) is 0 Å². The van der Waals surface area contributed by atoms with Crippen molar-refractivity contribution in [2.24, 2.45) is 0 Å². The van der Waals surface area contributed by atoms with E-state index in [0.717, 1.165) is 10.6 Å². The zero-order valence-corrected chi connectivity index (χ0v) is 8.70. The first-order chi connectivity index (χ1) is 7.40. The van der Waals surface area contributed by atoms with Crippen molar-refractivity contribution >= 4 is 11.3 Å². The summed E-state index contributed by atoms with van der Waals surface area (Å²) in [6, 6.07) is 9.83. The molecule has 1 aromatic heterocycles. The Kier molecular flexibility index (Phi) is 2.96. The highest BCUT2D eigenvalue weighted by Gasteiger charge is 2.05. The van der Waals surface area contributed by atoms with Crippen LogP contribution in [0.3, 0.4) is 0 Å². The second-order valence-electron chi connectivity index (χ2n) is 2.73. The maximum atomic E-state index is 5.17. The van der Waals surface area contributed by atoms with Gasteiger partial charge in [-0.25, -0.2) is 0 Å². The van der Waals surface area contributed by atoms with Crippen LogP contribution in [0.4, 0.5) is 0 Å². The predicted molar refractivity (Wildman–Crippen MR) is 59.7 cm³/mol. The van der Waals surface area contributed by atoms with Gasteiger partial charge in [-0.3, -0.25) is 0 Å². The summed E-state index contributed by atoms with van der Waals surface area (Å²) in [4.78, 5) is 0. The molecule has 0 fully saturated rings. The van der Waals surface area contributed by atoms with Crippen LogP contribution in [0.1, 0.15) is 0 Å². The monoisotopic (exact) mass is 216 g/mol. The first-order valence-corrected chi connectivity index (χ1v) is 5.17. The predicted octanol–water partition coefficient (Wildman–Crippen LogP) is 2.22. The minimum atomic E-state index is 0.226. The van der Waals surface area contributed by atoms with E-state index in [9.17, 15) is 0 Å². The molecular formula is C11H8N2OS. The van der Waals surface area contributed by atoms with E-state index < -0.39 is 0 Å². The van der Waals surface area contributed by atoms with E-state index in [-0.39, 0.29) is 6.61 Å². The normalized spacial score (nSPS) is 9.53. The Balaban J connectivity index is 2.18. The molecule has 2 aromatic rings. The SMILES string of the molecule is C#CCOc1nnc(-c2ccccc2)s1. The van der Waals surface area contributed by atoms with Gasteiger partial charge in [0.25, 0.3) is 5.19 Å². The van der Waals surface area contributed by atoms with Crippen LogP contribution in [-0.2, 0) is 0 Å². The molecule has 0 aliphatic rings. The lowest BCUT2D eigenvalue weighted by molar-refractivity contribution is 0.364. The maximum Gasteiger partial charge on any atom is 0.295 e. The van der Waals surface area contributed by atoms with E-state index >= 15 is 0 Å². The number of rotatable bonds is 3. The van der Waals surface area contributed by atoms with Gasteiger partial charge in [-0.1, -0.05) is 52.7 Å². The highest BCUT2D eigenvalue weighted by atomic mass is 32.1. The van der Waals surface area contributed by atoms with Gasteiger partial charge in [0.2, 0.25) is 0 Å². The summed E-state index contributed by atoms with van der Waals surface area (Å²) in [7, 11) is 0. The van der Waals surface area contributed by atoms with Gasteiger partial charge in [0, 0.05) is 5.56 Å². The fraction of sp³-hybridized carbons (Fsp3) is 0.0909. The maximum absolute atomic E-state index is 5.17. The highest BCUT2D eigenvalue weighted by Crippen LogP contribution is 2.27. The molecule has 74 valence electrons. The summed E-state index contributed by atoms with van der Waals surface area (Å²) in [6.45, 7) is 0.226.